The van der Waals surface area contributed by atoms with E-state index in [2.05, 4.69) is 10.1 Å². The van der Waals surface area contributed by atoms with E-state index in [1.807, 2.05) is 13.8 Å². The molecule has 0 atom stereocenters. The molecule has 0 amide bonds. The Morgan fingerprint density at radius 1 is 1.60 bits per heavy atom. The quantitative estimate of drug-likeness (QED) is 0.765. The Hall–Kier alpha value is -1.78. The second kappa shape index (κ2) is 3.42. The van der Waals surface area contributed by atoms with Gasteiger partial charge >= 0.3 is 0 Å². The lowest BCUT2D eigenvalue weighted by molar-refractivity contribution is 0.860. The maximum atomic E-state index is 11.7. The summed E-state index contributed by atoms with van der Waals surface area (Å²) in [6.07, 6.45) is 3.26. The van der Waals surface area contributed by atoms with Crippen molar-refractivity contribution >= 4 is 11.5 Å². The van der Waals surface area contributed by atoms with Crippen molar-refractivity contribution in [3.63, 3.8) is 0 Å². The van der Waals surface area contributed by atoms with E-state index in [-0.39, 0.29) is 5.56 Å². The van der Waals surface area contributed by atoms with E-state index in [9.17, 15) is 4.79 Å². The average molecular weight is 206 g/mol. The second-order valence-corrected chi connectivity index (χ2v) is 3.66. The van der Waals surface area contributed by atoms with Gasteiger partial charge in [-0.1, -0.05) is 13.3 Å². The predicted molar refractivity (Wildman–Crippen MR) is 59.0 cm³/mol. The Morgan fingerprint density at radius 3 is 3.00 bits per heavy atom. The zero-order valence-electron chi connectivity index (χ0n) is 8.87. The molecule has 5 heteroatoms. The number of fused-ring (bicyclic) bond motifs is 1. The summed E-state index contributed by atoms with van der Waals surface area (Å²) in [7, 11) is 0. The Bertz CT molecular complexity index is 552. The maximum absolute atomic E-state index is 11.7. The van der Waals surface area contributed by atoms with E-state index >= 15 is 0 Å². The molecular formula is C10H14N4O. The Morgan fingerprint density at radius 2 is 2.33 bits per heavy atom. The number of aromatic amines is 1. The van der Waals surface area contributed by atoms with Gasteiger partial charge in [-0.25, -0.2) is 4.52 Å². The van der Waals surface area contributed by atoms with Gasteiger partial charge in [0.1, 0.15) is 11.5 Å². The van der Waals surface area contributed by atoms with Gasteiger partial charge in [0.15, 0.2) is 0 Å². The number of H-pyrrole nitrogens is 1. The lowest BCUT2D eigenvalue weighted by atomic mass is 10.2. The summed E-state index contributed by atoms with van der Waals surface area (Å²) < 4.78 is 1.59. The van der Waals surface area contributed by atoms with Crippen molar-refractivity contribution in [2.45, 2.75) is 26.7 Å². The van der Waals surface area contributed by atoms with Crippen LogP contribution in [-0.2, 0) is 6.42 Å². The van der Waals surface area contributed by atoms with Gasteiger partial charge in [-0.05, 0) is 13.3 Å². The largest absolute Gasteiger partial charge is 0.383 e. The molecule has 0 saturated heterocycles. The summed E-state index contributed by atoms with van der Waals surface area (Å²) in [6, 6.07) is 0. The molecule has 2 aromatic rings. The van der Waals surface area contributed by atoms with Crippen molar-refractivity contribution in [1.29, 1.82) is 0 Å². The third-order valence-corrected chi connectivity index (χ3v) is 2.50. The minimum atomic E-state index is -0.106. The molecule has 0 aliphatic rings. The summed E-state index contributed by atoms with van der Waals surface area (Å²) >= 11 is 0. The van der Waals surface area contributed by atoms with Crippen molar-refractivity contribution in [3.05, 3.63) is 27.7 Å². The van der Waals surface area contributed by atoms with Gasteiger partial charge in [0.2, 0.25) is 0 Å². The van der Waals surface area contributed by atoms with Gasteiger partial charge in [-0.15, -0.1) is 0 Å². The third-order valence-electron chi connectivity index (χ3n) is 2.50. The lowest BCUT2D eigenvalue weighted by Crippen LogP contribution is -2.19. The highest BCUT2D eigenvalue weighted by Gasteiger charge is 2.11. The zero-order chi connectivity index (χ0) is 11.0. The Kier molecular flexibility index (Phi) is 2.22. The number of aromatic nitrogens is 3. The van der Waals surface area contributed by atoms with Crippen LogP contribution in [0, 0.1) is 6.92 Å². The molecule has 0 saturated carbocycles. The van der Waals surface area contributed by atoms with Gasteiger partial charge in [0.05, 0.1) is 11.8 Å². The summed E-state index contributed by atoms with van der Waals surface area (Å²) in [6.45, 7) is 3.90. The first-order valence-electron chi connectivity index (χ1n) is 5.00. The van der Waals surface area contributed by atoms with Gasteiger partial charge in [0, 0.05) is 5.56 Å². The molecule has 0 radical (unpaired) electrons. The minimum absolute atomic E-state index is 0.106. The van der Waals surface area contributed by atoms with Crippen molar-refractivity contribution in [2.24, 2.45) is 0 Å². The molecule has 5 nitrogen and oxygen atoms in total. The smallest absolute Gasteiger partial charge is 0.256 e. The molecule has 0 aromatic carbocycles. The van der Waals surface area contributed by atoms with Crippen molar-refractivity contribution in [3.8, 4) is 0 Å². The van der Waals surface area contributed by atoms with Crippen LogP contribution in [0.1, 0.15) is 24.5 Å². The van der Waals surface area contributed by atoms with Crippen LogP contribution in [0.25, 0.3) is 5.65 Å². The van der Waals surface area contributed by atoms with E-state index in [4.69, 9.17) is 5.73 Å². The molecule has 0 spiro atoms. The summed E-state index contributed by atoms with van der Waals surface area (Å²) in [5, 5.41) is 4.12. The maximum Gasteiger partial charge on any atom is 0.256 e. The predicted octanol–water partition coefficient (Wildman–Crippen LogP) is 0.866. The van der Waals surface area contributed by atoms with Crippen LogP contribution in [-0.4, -0.2) is 14.6 Å². The molecule has 0 aliphatic carbocycles. The third kappa shape index (κ3) is 1.40. The number of nitrogens with zero attached hydrogens (tertiary/aromatic N) is 2. The molecule has 2 aromatic heterocycles. The number of anilines is 1. The number of hydrogen-bond donors (Lipinski definition) is 2. The first kappa shape index (κ1) is 9.76. The number of aryl methyl sites for hydroxylation is 1. The van der Waals surface area contributed by atoms with E-state index in [0.29, 0.717) is 23.4 Å². The molecule has 2 heterocycles. The highest BCUT2D eigenvalue weighted by Crippen LogP contribution is 2.12. The van der Waals surface area contributed by atoms with Gasteiger partial charge in [-0.3, -0.25) is 4.79 Å². The van der Waals surface area contributed by atoms with Gasteiger partial charge < -0.3 is 10.7 Å². The molecule has 3 N–H and O–H groups in total. The molecule has 80 valence electrons. The SMILES string of the molecule is CCCc1c(N)n2ncc(C)c2[nH]c1=O. The molecule has 15 heavy (non-hydrogen) atoms. The van der Waals surface area contributed by atoms with Crippen LogP contribution in [0.2, 0.25) is 0 Å². The number of nitrogens with one attached hydrogen (secondary N) is 1. The highest BCUT2D eigenvalue weighted by molar-refractivity contribution is 5.53. The number of hydrogen-bond acceptors (Lipinski definition) is 3. The summed E-state index contributed by atoms with van der Waals surface area (Å²) in [4.78, 5) is 14.5. The standard InChI is InChI=1S/C10H14N4O/c1-3-4-7-8(11)14-9(13-10(7)15)6(2)5-12-14/h5H,3-4,11H2,1-2H3,(H,13,15). The lowest BCUT2D eigenvalue weighted by Gasteiger charge is -2.05. The van der Waals surface area contributed by atoms with E-state index in [1.165, 1.54) is 0 Å². The van der Waals surface area contributed by atoms with Crippen LogP contribution in [0.15, 0.2) is 11.0 Å². The van der Waals surface area contributed by atoms with E-state index < -0.39 is 0 Å². The molecular weight excluding hydrogens is 192 g/mol. The van der Waals surface area contributed by atoms with Crippen LogP contribution in [0.5, 0.6) is 0 Å². The van der Waals surface area contributed by atoms with Crippen LogP contribution in [0.4, 0.5) is 5.82 Å². The Labute approximate surface area is 86.9 Å². The van der Waals surface area contributed by atoms with E-state index in [1.54, 1.807) is 10.7 Å². The zero-order valence-corrected chi connectivity index (χ0v) is 8.87. The molecule has 0 aliphatic heterocycles. The topological polar surface area (TPSA) is 76.2 Å². The number of rotatable bonds is 2. The molecule has 0 fully saturated rings. The number of nitrogens with two attached hydrogens (primary N) is 1. The second-order valence-electron chi connectivity index (χ2n) is 3.66. The van der Waals surface area contributed by atoms with Crippen molar-refractivity contribution < 1.29 is 0 Å². The molecule has 0 bridgehead atoms. The minimum Gasteiger partial charge on any atom is -0.383 e. The fourth-order valence-electron chi connectivity index (χ4n) is 1.68. The normalized spacial score (nSPS) is 11.1. The van der Waals surface area contributed by atoms with Crippen LogP contribution >= 0.6 is 0 Å². The van der Waals surface area contributed by atoms with Crippen molar-refractivity contribution in [2.75, 3.05) is 5.73 Å². The molecule has 0 unspecified atom stereocenters. The van der Waals surface area contributed by atoms with Gasteiger partial charge in [-0.2, -0.15) is 5.10 Å². The Balaban J connectivity index is 2.79. The van der Waals surface area contributed by atoms with Crippen LogP contribution < -0.4 is 11.3 Å². The summed E-state index contributed by atoms with van der Waals surface area (Å²) in [5.74, 6) is 0.448. The first-order valence-corrected chi connectivity index (χ1v) is 5.00. The fourth-order valence-corrected chi connectivity index (χ4v) is 1.68. The molecule has 2 rings (SSSR count). The van der Waals surface area contributed by atoms with Crippen LogP contribution in [0.3, 0.4) is 0 Å². The fraction of sp³-hybridized carbons (Fsp3) is 0.400. The average Bonchev–Trinajstić information content (AvgIpc) is 2.55. The van der Waals surface area contributed by atoms with Gasteiger partial charge in [0.25, 0.3) is 5.56 Å². The summed E-state index contributed by atoms with van der Waals surface area (Å²) in [5.41, 5.74) is 8.01. The van der Waals surface area contributed by atoms with Crippen molar-refractivity contribution in [1.82, 2.24) is 14.6 Å². The van der Waals surface area contributed by atoms with E-state index in [0.717, 1.165) is 12.0 Å². The highest BCUT2D eigenvalue weighted by atomic mass is 16.1. The monoisotopic (exact) mass is 206 g/mol. The number of nitrogen functional groups attached to an aromatic ring is 1. The first-order chi connectivity index (χ1) is 7.15.